The Morgan fingerprint density at radius 2 is 2.12 bits per heavy atom. The number of rotatable bonds is 4. The molecule has 7 heteroatoms. The molecule has 0 saturated carbocycles. The first-order valence-electron chi connectivity index (χ1n) is 8.59. The van der Waals surface area contributed by atoms with Crippen LogP contribution in [0.3, 0.4) is 0 Å². The molecule has 2 aromatic heterocycles. The van der Waals surface area contributed by atoms with Crippen LogP contribution in [-0.4, -0.2) is 64.0 Å². The van der Waals surface area contributed by atoms with E-state index in [-0.39, 0.29) is 5.41 Å². The van der Waals surface area contributed by atoms with Crippen LogP contribution in [0.2, 0.25) is 0 Å². The van der Waals surface area contributed by atoms with Gasteiger partial charge in [-0.05, 0) is 13.0 Å². The van der Waals surface area contributed by atoms with Gasteiger partial charge in [0.1, 0.15) is 5.01 Å². The van der Waals surface area contributed by atoms with Gasteiger partial charge in [0.2, 0.25) is 0 Å². The van der Waals surface area contributed by atoms with Crippen LogP contribution in [0, 0.1) is 5.41 Å². The van der Waals surface area contributed by atoms with Crippen molar-refractivity contribution in [1.82, 2.24) is 24.6 Å². The fraction of sp³-hybridized carbons (Fsp3) is 0.647. The van der Waals surface area contributed by atoms with Gasteiger partial charge in [-0.1, -0.05) is 0 Å². The van der Waals surface area contributed by atoms with Gasteiger partial charge in [0.15, 0.2) is 0 Å². The van der Waals surface area contributed by atoms with Gasteiger partial charge in [0.05, 0.1) is 26.0 Å². The van der Waals surface area contributed by atoms with Crippen LogP contribution in [0.4, 0.5) is 0 Å². The molecule has 2 aliphatic rings. The molecule has 0 aliphatic carbocycles. The molecule has 2 saturated heterocycles. The number of hydrogen-bond acceptors (Lipinski definition) is 6. The molecule has 24 heavy (non-hydrogen) atoms. The third kappa shape index (κ3) is 3.69. The van der Waals surface area contributed by atoms with Gasteiger partial charge in [-0.3, -0.25) is 14.5 Å². The van der Waals surface area contributed by atoms with E-state index in [2.05, 4.69) is 31.5 Å². The Labute approximate surface area is 147 Å². The summed E-state index contributed by atoms with van der Waals surface area (Å²) >= 11 is 1.75. The van der Waals surface area contributed by atoms with Crippen molar-refractivity contribution in [3.05, 3.63) is 34.5 Å². The summed E-state index contributed by atoms with van der Waals surface area (Å²) in [5.41, 5.74) is 1.54. The molecule has 4 heterocycles. The zero-order valence-electron chi connectivity index (χ0n) is 14.2. The summed E-state index contributed by atoms with van der Waals surface area (Å²) in [6.07, 6.45) is 7.20. The summed E-state index contributed by atoms with van der Waals surface area (Å²) < 4.78 is 7.87. The maximum Gasteiger partial charge on any atom is 0.107 e. The van der Waals surface area contributed by atoms with Crippen molar-refractivity contribution in [2.45, 2.75) is 19.5 Å². The average molecular weight is 347 g/mol. The number of hydrogen-bond donors (Lipinski definition) is 0. The number of nitrogens with zero attached hydrogens (tertiary/aromatic N) is 5. The zero-order valence-corrected chi connectivity index (χ0v) is 15.0. The van der Waals surface area contributed by atoms with E-state index in [4.69, 9.17) is 4.74 Å². The molecule has 0 bridgehead atoms. The smallest absolute Gasteiger partial charge is 0.107 e. The van der Waals surface area contributed by atoms with Gasteiger partial charge >= 0.3 is 0 Å². The van der Waals surface area contributed by atoms with Crippen LogP contribution in [0.25, 0.3) is 0 Å². The third-order valence-electron chi connectivity index (χ3n) is 5.04. The predicted molar refractivity (Wildman–Crippen MR) is 93.7 cm³/mol. The lowest BCUT2D eigenvalue weighted by Gasteiger charge is -2.31. The summed E-state index contributed by atoms with van der Waals surface area (Å²) in [6.45, 7) is 8.01. The highest BCUT2D eigenvalue weighted by atomic mass is 32.1. The second-order valence-corrected chi connectivity index (χ2v) is 8.15. The van der Waals surface area contributed by atoms with Crippen LogP contribution in [0.15, 0.2) is 24.0 Å². The quantitative estimate of drug-likeness (QED) is 0.841. The molecular weight excluding hydrogens is 322 g/mol. The Bertz CT molecular complexity index is 658. The molecular formula is C17H25N5OS. The van der Waals surface area contributed by atoms with Crippen molar-refractivity contribution in [3.63, 3.8) is 0 Å². The second-order valence-electron chi connectivity index (χ2n) is 7.17. The van der Waals surface area contributed by atoms with E-state index in [1.807, 2.05) is 24.1 Å². The largest absolute Gasteiger partial charge is 0.379 e. The summed E-state index contributed by atoms with van der Waals surface area (Å²) in [5.74, 6) is 0. The van der Waals surface area contributed by atoms with Crippen LogP contribution in [0.1, 0.15) is 17.0 Å². The Hall–Kier alpha value is -1.28. The van der Waals surface area contributed by atoms with E-state index in [1.165, 1.54) is 17.0 Å². The van der Waals surface area contributed by atoms with Crippen LogP contribution >= 0.6 is 11.3 Å². The van der Waals surface area contributed by atoms with E-state index in [0.717, 1.165) is 52.5 Å². The van der Waals surface area contributed by atoms with Crippen molar-refractivity contribution < 1.29 is 4.74 Å². The Kier molecular flexibility index (Phi) is 4.67. The molecule has 1 spiro atoms. The average Bonchev–Trinajstić information content (AvgIpc) is 3.25. The molecule has 2 fully saturated rings. The maximum absolute atomic E-state index is 5.99. The van der Waals surface area contributed by atoms with Gasteiger partial charge in [0, 0.05) is 62.0 Å². The number of ether oxygens (including phenoxy) is 1. The molecule has 4 rings (SSSR count). The van der Waals surface area contributed by atoms with Crippen molar-refractivity contribution in [2.24, 2.45) is 12.5 Å². The highest BCUT2D eigenvalue weighted by Gasteiger charge is 2.41. The molecule has 2 aromatic rings. The van der Waals surface area contributed by atoms with Gasteiger partial charge in [-0.25, -0.2) is 4.98 Å². The lowest BCUT2D eigenvalue weighted by Crippen LogP contribution is -2.40. The zero-order chi connectivity index (χ0) is 16.4. The van der Waals surface area contributed by atoms with Crippen molar-refractivity contribution in [1.29, 1.82) is 0 Å². The third-order valence-corrected chi connectivity index (χ3v) is 5.81. The van der Waals surface area contributed by atoms with Gasteiger partial charge < -0.3 is 4.74 Å². The maximum atomic E-state index is 5.99. The number of thiazole rings is 1. The van der Waals surface area contributed by atoms with Crippen LogP contribution in [-0.2, 0) is 24.9 Å². The Balaban J connectivity index is 1.40. The van der Waals surface area contributed by atoms with Crippen LogP contribution < -0.4 is 0 Å². The standard InChI is InChI=1S/C17H25N5OS/c1-20-9-15(8-19-20)10-22-5-6-23-14-17(13-22)2-4-21(12-17)11-16-18-3-7-24-16/h3,7-9H,2,4-6,10-14H2,1H3/t17-/m0/s1. The molecule has 0 aromatic carbocycles. The molecule has 0 unspecified atom stereocenters. The van der Waals surface area contributed by atoms with Gasteiger partial charge in [0.25, 0.3) is 0 Å². The van der Waals surface area contributed by atoms with E-state index in [9.17, 15) is 0 Å². The normalized spacial score (nSPS) is 26.2. The van der Waals surface area contributed by atoms with Crippen molar-refractivity contribution in [3.8, 4) is 0 Å². The summed E-state index contributed by atoms with van der Waals surface area (Å²) in [6, 6.07) is 0. The van der Waals surface area contributed by atoms with Crippen molar-refractivity contribution >= 4 is 11.3 Å². The minimum absolute atomic E-state index is 0.260. The molecule has 2 aliphatic heterocycles. The highest BCUT2D eigenvalue weighted by Crippen LogP contribution is 2.34. The van der Waals surface area contributed by atoms with Gasteiger partial charge in [-0.2, -0.15) is 5.10 Å². The van der Waals surface area contributed by atoms with E-state index in [1.54, 1.807) is 11.3 Å². The van der Waals surface area contributed by atoms with Crippen molar-refractivity contribution in [2.75, 3.05) is 39.4 Å². The van der Waals surface area contributed by atoms with E-state index >= 15 is 0 Å². The molecule has 6 nitrogen and oxygen atoms in total. The number of aryl methyl sites for hydroxylation is 1. The van der Waals surface area contributed by atoms with E-state index < -0.39 is 0 Å². The highest BCUT2D eigenvalue weighted by molar-refractivity contribution is 7.09. The van der Waals surface area contributed by atoms with Gasteiger partial charge in [-0.15, -0.1) is 11.3 Å². The molecule has 130 valence electrons. The number of aromatic nitrogens is 3. The van der Waals surface area contributed by atoms with Crippen LogP contribution in [0.5, 0.6) is 0 Å². The molecule has 0 radical (unpaired) electrons. The lowest BCUT2D eigenvalue weighted by atomic mass is 9.87. The molecule has 0 amide bonds. The molecule has 1 atom stereocenters. The Morgan fingerprint density at radius 1 is 1.25 bits per heavy atom. The number of likely N-dealkylation sites (tertiary alicyclic amines) is 1. The summed E-state index contributed by atoms with van der Waals surface area (Å²) in [4.78, 5) is 9.51. The minimum Gasteiger partial charge on any atom is -0.379 e. The molecule has 0 N–H and O–H groups in total. The second kappa shape index (κ2) is 6.92. The fourth-order valence-electron chi connectivity index (χ4n) is 3.96. The van der Waals surface area contributed by atoms with E-state index in [0.29, 0.717) is 0 Å². The summed E-state index contributed by atoms with van der Waals surface area (Å²) in [5, 5.41) is 7.57. The Morgan fingerprint density at radius 3 is 2.88 bits per heavy atom. The first-order chi connectivity index (χ1) is 11.7. The SMILES string of the molecule is Cn1cc(CN2CCOC[C@]3(CCN(Cc4nccs4)C3)C2)cn1. The first-order valence-corrected chi connectivity index (χ1v) is 9.47. The summed E-state index contributed by atoms with van der Waals surface area (Å²) in [7, 11) is 1.98. The monoisotopic (exact) mass is 347 g/mol. The first kappa shape index (κ1) is 16.2. The predicted octanol–water partition coefficient (Wildman–Crippen LogP) is 1.60. The minimum atomic E-state index is 0.260. The lowest BCUT2D eigenvalue weighted by molar-refractivity contribution is 0.0706. The fourth-order valence-corrected chi connectivity index (χ4v) is 4.62. The topological polar surface area (TPSA) is 46.4 Å².